The topological polar surface area (TPSA) is 84.5 Å². The Morgan fingerprint density at radius 2 is 2.26 bits per heavy atom. The number of hydrogen-bond donors (Lipinski definition) is 1. The molecule has 2 aliphatic heterocycles. The highest BCUT2D eigenvalue weighted by Crippen LogP contribution is 2.24. The highest BCUT2D eigenvalue weighted by molar-refractivity contribution is 5.97. The van der Waals surface area contributed by atoms with Gasteiger partial charge in [0.05, 0.1) is 5.69 Å². The van der Waals surface area contributed by atoms with Crippen LogP contribution in [-0.4, -0.2) is 57.1 Å². The van der Waals surface area contributed by atoms with Crippen LogP contribution >= 0.6 is 0 Å². The van der Waals surface area contributed by atoms with Crippen molar-refractivity contribution in [3.63, 3.8) is 0 Å². The van der Waals surface area contributed by atoms with Crippen LogP contribution in [0.15, 0.2) is 6.20 Å². The van der Waals surface area contributed by atoms with Crippen molar-refractivity contribution >= 4 is 17.5 Å². The third-order valence-electron chi connectivity index (χ3n) is 3.84. The number of carbonyl (C=O) groups excluding carboxylic acids is 2. The van der Waals surface area contributed by atoms with Gasteiger partial charge in [-0.05, 0) is 6.42 Å². The summed E-state index contributed by atoms with van der Waals surface area (Å²) in [6, 6.07) is 0.162. The van der Waals surface area contributed by atoms with Gasteiger partial charge >= 0.3 is 0 Å². The Balaban J connectivity index is 1.75. The molecule has 0 bridgehead atoms. The molecule has 102 valence electrons. The summed E-state index contributed by atoms with van der Waals surface area (Å²) in [6.45, 7) is 1.75. The standard InChI is InChI=1S/C12H17N5O2/c1-15-7-9(13)11(14-15)12(19)16-4-5-17-8(6-16)2-3-10(17)18/h7-8H,2-6,13H2,1H3. The summed E-state index contributed by atoms with van der Waals surface area (Å²) in [6.07, 6.45) is 3.06. The molecule has 0 aliphatic carbocycles. The number of nitrogen functional groups attached to an aromatic ring is 1. The predicted molar refractivity (Wildman–Crippen MR) is 68.3 cm³/mol. The quantitative estimate of drug-likeness (QED) is 0.736. The van der Waals surface area contributed by atoms with E-state index in [-0.39, 0.29) is 17.9 Å². The van der Waals surface area contributed by atoms with E-state index in [1.165, 1.54) is 4.68 Å². The van der Waals surface area contributed by atoms with E-state index in [1.807, 2.05) is 4.90 Å². The number of nitrogens with two attached hydrogens (primary N) is 1. The van der Waals surface area contributed by atoms with E-state index in [4.69, 9.17) is 5.73 Å². The van der Waals surface area contributed by atoms with E-state index >= 15 is 0 Å². The number of aromatic nitrogens is 2. The molecule has 3 heterocycles. The maximum Gasteiger partial charge on any atom is 0.276 e. The van der Waals surface area contributed by atoms with Crippen LogP contribution in [0.25, 0.3) is 0 Å². The number of carbonyl (C=O) groups is 2. The van der Waals surface area contributed by atoms with Crippen molar-refractivity contribution < 1.29 is 9.59 Å². The Morgan fingerprint density at radius 1 is 1.47 bits per heavy atom. The number of nitrogens with zero attached hydrogens (tertiary/aromatic N) is 4. The van der Waals surface area contributed by atoms with Gasteiger partial charge in [-0.25, -0.2) is 0 Å². The summed E-state index contributed by atoms with van der Waals surface area (Å²) >= 11 is 0. The number of fused-ring (bicyclic) bond motifs is 1. The van der Waals surface area contributed by atoms with Gasteiger partial charge in [-0.3, -0.25) is 14.3 Å². The van der Waals surface area contributed by atoms with Crippen molar-refractivity contribution in [3.05, 3.63) is 11.9 Å². The first-order valence-electron chi connectivity index (χ1n) is 6.44. The zero-order valence-corrected chi connectivity index (χ0v) is 10.9. The van der Waals surface area contributed by atoms with Crippen LogP contribution in [0.3, 0.4) is 0 Å². The minimum absolute atomic E-state index is 0.142. The number of piperazine rings is 1. The zero-order valence-electron chi connectivity index (χ0n) is 10.9. The van der Waals surface area contributed by atoms with Gasteiger partial charge in [0, 0.05) is 45.3 Å². The van der Waals surface area contributed by atoms with Crippen molar-refractivity contribution in [3.8, 4) is 0 Å². The first-order chi connectivity index (χ1) is 9.06. The Hall–Kier alpha value is -2.05. The van der Waals surface area contributed by atoms with E-state index in [0.717, 1.165) is 6.42 Å². The van der Waals surface area contributed by atoms with Crippen molar-refractivity contribution in [2.45, 2.75) is 18.9 Å². The fraction of sp³-hybridized carbons (Fsp3) is 0.583. The van der Waals surface area contributed by atoms with Gasteiger partial charge in [0.2, 0.25) is 5.91 Å². The van der Waals surface area contributed by atoms with Gasteiger partial charge in [-0.15, -0.1) is 0 Å². The Bertz CT molecular complexity index is 538. The first-order valence-corrected chi connectivity index (χ1v) is 6.44. The monoisotopic (exact) mass is 263 g/mol. The molecule has 0 spiro atoms. The SMILES string of the molecule is Cn1cc(N)c(C(=O)N2CCN3C(=O)CCC3C2)n1. The molecule has 1 atom stereocenters. The lowest BCUT2D eigenvalue weighted by atomic mass is 10.1. The summed E-state index contributed by atoms with van der Waals surface area (Å²) in [5.41, 5.74) is 6.49. The van der Waals surface area contributed by atoms with Crippen LogP contribution in [0.1, 0.15) is 23.3 Å². The molecular formula is C12H17N5O2. The lowest BCUT2D eigenvalue weighted by Crippen LogP contribution is -2.53. The molecule has 0 saturated carbocycles. The number of amides is 2. The molecule has 2 saturated heterocycles. The number of rotatable bonds is 1. The van der Waals surface area contributed by atoms with E-state index in [2.05, 4.69) is 5.10 Å². The van der Waals surface area contributed by atoms with Gasteiger partial charge < -0.3 is 15.5 Å². The lowest BCUT2D eigenvalue weighted by Gasteiger charge is -2.37. The largest absolute Gasteiger partial charge is 0.396 e. The van der Waals surface area contributed by atoms with E-state index in [9.17, 15) is 9.59 Å². The minimum Gasteiger partial charge on any atom is -0.396 e. The van der Waals surface area contributed by atoms with Gasteiger partial charge in [0.1, 0.15) is 0 Å². The molecule has 7 nitrogen and oxygen atoms in total. The van der Waals surface area contributed by atoms with Crippen LogP contribution in [0.4, 0.5) is 5.69 Å². The summed E-state index contributed by atoms with van der Waals surface area (Å²) in [7, 11) is 1.74. The summed E-state index contributed by atoms with van der Waals surface area (Å²) in [5.74, 6) is 0.0616. The molecule has 2 amide bonds. The summed E-state index contributed by atoms with van der Waals surface area (Å²) in [4.78, 5) is 27.6. The predicted octanol–water partition coefficient (Wildman–Crippen LogP) is -0.551. The Morgan fingerprint density at radius 3 is 2.95 bits per heavy atom. The van der Waals surface area contributed by atoms with Crippen LogP contribution in [0.2, 0.25) is 0 Å². The number of aryl methyl sites for hydroxylation is 1. The van der Waals surface area contributed by atoms with Crippen LogP contribution in [0, 0.1) is 0 Å². The molecule has 2 fully saturated rings. The van der Waals surface area contributed by atoms with Gasteiger partial charge in [0.15, 0.2) is 5.69 Å². The highest BCUT2D eigenvalue weighted by atomic mass is 16.2. The van der Waals surface area contributed by atoms with E-state index in [0.29, 0.717) is 37.4 Å². The average Bonchev–Trinajstić information content (AvgIpc) is 2.92. The second-order valence-corrected chi connectivity index (χ2v) is 5.14. The van der Waals surface area contributed by atoms with Gasteiger partial charge in [-0.1, -0.05) is 0 Å². The van der Waals surface area contributed by atoms with Crippen molar-refractivity contribution in [2.75, 3.05) is 25.4 Å². The molecule has 1 aromatic rings. The number of anilines is 1. The molecule has 0 aromatic carbocycles. The van der Waals surface area contributed by atoms with Gasteiger partial charge in [0.25, 0.3) is 5.91 Å². The Kier molecular flexibility index (Phi) is 2.69. The lowest BCUT2D eigenvalue weighted by molar-refractivity contribution is -0.130. The first kappa shape index (κ1) is 12.0. The molecule has 3 rings (SSSR count). The molecule has 19 heavy (non-hydrogen) atoms. The minimum atomic E-state index is -0.142. The summed E-state index contributed by atoms with van der Waals surface area (Å²) in [5, 5.41) is 4.11. The summed E-state index contributed by atoms with van der Waals surface area (Å²) < 4.78 is 1.54. The third-order valence-corrected chi connectivity index (χ3v) is 3.84. The smallest absolute Gasteiger partial charge is 0.276 e. The van der Waals surface area contributed by atoms with E-state index < -0.39 is 0 Å². The van der Waals surface area contributed by atoms with Gasteiger partial charge in [-0.2, -0.15) is 5.10 Å². The maximum absolute atomic E-state index is 12.4. The van der Waals surface area contributed by atoms with Crippen molar-refractivity contribution in [1.29, 1.82) is 0 Å². The van der Waals surface area contributed by atoms with E-state index in [1.54, 1.807) is 18.1 Å². The molecule has 1 aromatic heterocycles. The average molecular weight is 263 g/mol. The maximum atomic E-state index is 12.4. The molecule has 7 heteroatoms. The second-order valence-electron chi connectivity index (χ2n) is 5.14. The molecule has 0 radical (unpaired) electrons. The second kappa shape index (κ2) is 4.25. The third kappa shape index (κ3) is 1.94. The zero-order chi connectivity index (χ0) is 13.6. The van der Waals surface area contributed by atoms with Crippen LogP contribution in [0.5, 0.6) is 0 Å². The fourth-order valence-electron chi connectivity index (χ4n) is 2.87. The van der Waals surface area contributed by atoms with Crippen LogP contribution < -0.4 is 5.73 Å². The number of hydrogen-bond acceptors (Lipinski definition) is 4. The normalized spacial score (nSPS) is 22.8. The molecular weight excluding hydrogens is 246 g/mol. The van der Waals surface area contributed by atoms with Crippen molar-refractivity contribution in [1.82, 2.24) is 19.6 Å². The molecule has 1 unspecified atom stereocenters. The molecule has 2 N–H and O–H groups in total. The van der Waals surface area contributed by atoms with Crippen molar-refractivity contribution in [2.24, 2.45) is 7.05 Å². The fourth-order valence-corrected chi connectivity index (χ4v) is 2.87. The Labute approximate surface area is 110 Å². The highest BCUT2D eigenvalue weighted by Gasteiger charge is 2.37. The molecule has 2 aliphatic rings. The van der Waals surface area contributed by atoms with Crippen LogP contribution in [-0.2, 0) is 11.8 Å².